The fourth-order valence-corrected chi connectivity index (χ4v) is 12.7. The highest BCUT2D eigenvalue weighted by Gasteiger charge is 2.47. The number of nitrogens with one attached hydrogen (secondary N) is 4. The highest BCUT2D eigenvalue weighted by Crippen LogP contribution is 2.41. The number of halogens is 2. The SMILES string of the molecule is C=C1[C@H](CO)[C@@H](O)C[C@@H]1n1cnc2c(=O)[nH]c(N)nc21.Nc1nc(Cl)nc2c1ncn2[C@@H]1O[C@H](CO)[C@@H](O)[C@@H]1F.Nc1nc(NC2CC2)c2ncn([C@H]3C=C[C@@H](CO)C3)c2n1.Nc1nc2c(ncn2[C@H]2C=C[C@@H](CO)C2)c(=O)[nH]1.O=c1[nH]cnc2c1CC=C2[C@@H]1O[C@H](CO)[C@@H](O)[C@H]1O. The third-order valence-corrected chi connectivity index (χ3v) is 18.0. The molecule has 16 rings (SSSR count). The lowest BCUT2D eigenvalue weighted by molar-refractivity contribution is -0.0459. The maximum absolute atomic E-state index is 14.1. The van der Waals surface area contributed by atoms with E-state index in [1.807, 2.05) is 27.4 Å². The number of imidazole rings is 4. The summed E-state index contributed by atoms with van der Waals surface area (Å²) in [7, 11) is 0. The van der Waals surface area contributed by atoms with Crippen LogP contribution < -0.4 is 44.9 Å². The third-order valence-electron chi connectivity index (χ3n) is 17.9. The van der Waals surface area contributed by atoms with Crippen molar-refractivity contribution in [1.29, 1.82) is 0 Å². The quantitative estimate of drug-likeness (QED) is 0.0461. The lowest BCUT2D eigenvalue weighted by Gasteiger charge is -2.16. The van der Waals surface area contributed by atoms with E-state index in [0.29, 0.717) is 52.6 Å². The van der Waals surface area contributed by atoms with Gasteiger partial charge in [-0.2, -0.15) is 29.9 Å². The van der Waals surface area contributed by atoms with Crippen LogP contribution in [0.25, 0.3) is 50.2 Å². The number of anilines is 5. The monoisotopic (exact) mass is 1380 g/mol. The van der Waals surface area contributed by atoms with Crippen LogP contribution in [0.1, 0.15) is 67.7 Å². The van der Waals surface area contributed by atoms with Gasteiger partial charge in [0, 0.05) is 48.1 Å². The summed E-state index contributed by atoms with van der Waals surface area (Å²) in [6.07, 6.45) is 12.1. The van der Waals surface area contributed by atoms with Crippen LogP contribution in [0.15, 0.2) is 88.6 Å². The van der Waals surface area contributed by atoms with Crippen molar-refractivity contribution in [2.75, 3.05) is 61.3 Å². The highest BCUT2D eigenvalue weighted by molar-refractivity contribution is 6.28. The van der Waals surface area contributed by atoms with Crippen molar-refractivity contribution in [3.05, 3.63) is 122 Å². The summed E-state index contributed by atoms with van der Waals surface area (Å²) in [6.45, 7) is 3.18. The minimum atomic E-state index is -1.74. The van der Waals surface area contributed by atoms with E-state index in [-0.39, 0.29) is 125 Å². The van der Waals surface area contributed by atoms with Crippen LogP contribution in [0, 0.1) is 17.8 Å². The molecule has 4 fully saturated rings. The molecule has 2 aliphatic heterocycles. The Bertz CT molecular complexity index is 4700. The zero-order valence-corrected chi connectivity index (χ0v) is 52.6. The number of hydrogen-bond donors (Lipinski definition) is 17. The second kappa shape index (κ2) is 28.5. The molecule has 0 radical (unpaired) electrons. The second-order valence-electron chi connectivity index (χ2n) is 24.2. The molecule has 21 N–H and O–H groups in total. The molecule has 2 saturated carbocycles. The molecule has 98 heavy (non-hydrogen) atoms. The molecule has 0 spiro atoms. The average molecular weight is 1380 g/mol. The number of allylic oxidation sites excluding steroid dienone is 3. The normalized spacial score (nSPS) is 27.6. The summed E-state index contributed by atoms with van der Waals surface area (Å²) in [6, 6.07) is 0.440. The van der Waals surface area contributed by atoms with Gasteiger partial charge >= 0.3 is 0 Å². The zero-order valence-electron chi connectivity index (χ0n) is 51.8. The molecule has 5 aliphatic carbocycles. The molecule has 39 heteroatoms. The van der Waals surface area contributed by atoms with Gasteiger partial charge in [-0.05, 0) is 55.7 Å². The first kappa shape index (κ1) is 68.4. The van der Waals surface area contributed by atoms with Crippen molar-refractivity contribution < 1.29 is 59.8 Å². The summed E-state index contributed by atoms with van der Waals surface area (Å²) < 4.78 is 31.5. The maximum Gasteiger partial charge on any atom is 0.280 e. The Balaban J connectivity index is 0.000000117. The average Bonchev–Trinajstić information content (AvgIpc) is 1.65. The molecule has 15 atom stereocenters. The molecule has 9 aromatic rings. The molecule has 0 amide bonds. The van der Waals surface area contributed by atoms with E-state index in [0.717, 1.165) is 42.7 Å². The first-order valence-corrected chi connectivity index (χ1v) is 31.4. The van der Waals surface area contributed by atoms with Crippen LogP contribution in [-0.4, -0.2) is 222 Å². The van der Waals surface area contributed by atoms with E-state index in [1.54, 1.807) is 23.3 Å². The van der Waals surface area contributed by atoms with Gasteiger partial charge in [-0.1, -0.05) is 37.0 Å². The molecule has 0 aromatic carbocycles. The van der Waals surface area contributed by atoms with E-state index in [2.05, 4.69) is 87.7 Å². The Morgan fingerprint density at radius 2 is 1.18 bits per heavy atom. The molecule has 11 heterocycles. The number of ether oxygens (including phenoxy) is 2. The van der Waals surface area contributed by atoms with Crippen molar-refractivity contribution in [2.24, 2.45) is 17.8 Å². The van der Waals surface area contributed by atoms with Gasteiger partial charge in [0.05, 0.1) is 81.4 Å². The minimum absolute atomic E-state index is 0.00659. The van der Waals surface area contributed by atoms with Gasteiger partial charge in [0.25, 0.3) is 16.7 Å². The molecule has 0 bridgehead atoms. The number of aromatic amines is 3. The maximum atomic E-state index is 14.1. The van der Waals surface area contributed by atoms with E-state index < -0.39 is 67.3 Å². The first-order valence-electron chi connectivity index (χ1n) is 31.0. The number of aliphatic hydroxyl groups excluding tert-OH is 9. The highest BCUT2D eigenvalue weighted by atomic mass is 35.5. The summed E-state index contributed by atoms with van der Waals surface area (Å²) in [4.78, 5) is 87.4. The molecule has 9 aromatic heterocycles. The van der Waals surface area contributed by atoms with Crippen LogP contribution in [-0.2, 0) is 15.9 Å². The van der Waals surface area contributed by atoms with Crippen molar-refractivity contribution >= 4 is 91.3 Å². The molecule has 2 saturated heterocycles. The Morgan fingerprint density at radius 3 is 1.74 bits per heavy atom. The smallest absolute Gasteiger partial charge is 0.280 e. The van der Waals surface area contributed by atoms with Gasteiger partial charge in [0.1, 0.15) is 42.1 Å². The van der Waals surface area contributed by atoms with Gasteiger partial charge in [0.15, 0.2) is 63.2 Å². The van der Waals surface area contributed by atoms with Gasteiger partial charge in [-0.3, -0.25) is 28.9 Å². The summed E-state index contributed by atoms with van der Waals surface area (Å²) in [5, 5.41) is 88.3. The predicted octanol–water partition coefficient (Wildman–Crippen LogP) is -2.08. The number of aliphatic hydroxyl groups is 9. The molecular weight excluding hydrogens is 1310 g/mol. The first-order chi connectivity index (χ1) is 47.1. The summed E-state index contributed by atoms with van der Waals surface area (Å²) in [5.41, 5.74) is 27.2. The van der Waals surface area contributed by atoms with E-state index in [1.165, 1.54) is 23.5 Å². The second-order valence-corrected chi connectivity index (χ2v) is 24.6. The predicted molar refractivity (Wildman–Crippen MR) is 349 cm³/mol. The van der Waals surface area contributed by atoms with Crippen LogP contribution in [0.2, 0.25) is 5.28 Å². The molecule has 37 nitrogen and oxygen atoms in total. The van der Waals surface area contributed by atoms with E-state index >= 15 is 0 Å². The van der Waals surface area contributed by atoms with Crippen molar-refractivity contribution in [3.8, 4) is 0 Å². The number of alkyl halides is 1. The number of fused-ring (bicyclic) bond motifs is 5. The van der Waals surface area contributed by atoms with Crippen LogP contribution in [0.5, 0.6) is 0 Å². The molecule has 0 unspecified atom stereocenters. The van der Waals surface area contributed by atoms with Crippen molar-refractivity contribution in [3.63, 3.8) is 0 Å². The topological polar surface area (TPSA) is 577 Å². The Hall–Kier alpha value is -9.58. The van der Waals surface area contributed by atoms with Crippen LogP contribution in [0.3, 0.4) is 0 Å². The Morgan fingerprint density at radius 1 is 0.622 bits per heavy atom. The molecule has 520 valence electrons. The standard InChI is InChI=1S/C14H18N6O.C12H15N5O3.C12H14N2O5.C11H13N5O2.C10H11ClFN5O3/c15-14-18-12(17-9-2-3-9)11-13(19-14)20(7-16-11)10-4-1-8(5-10)6-21;1-5-6(3-18)8(19)2-7(5)17-4-14-9-10(17)15-12(13)16-11(9)20;15-3-7-9(16)10(17)11(19-7)5-1-2-6-8(5)13-4-14-12(6)18;12-11-14-9-8(10(18)15-11)13-5-16(9)7-2-1-6(3-7)4-17;11-10-15-7(13)5-8(16-10)17(2-14-5)9-4(12)6(19)3(1-18)20-9/h1,4,7-10,21H,2-3,5-6H2,(H3,15,17,18,19);4,6-8,18-19H,1-3H2,(H3,13,15,16,20);1,4,7,9-11,15-17H,2-3H2,(H,13,14,18);1-2,5-7,17H,3-4H2,(H3,12,14,15,18);2-4,6,9,18-19H,1H2,(H2,13,15,16)/t8-,10+;6-,7-,8-;7-,9-,10-,11+;6-,7+;3-,4+,6-,9-/m10111/s1. The van der Waals surface area contributed by atoms with Gasteiger partial charge in [-0.15, -0.1) is 0 Å². The fourth-order valence-electron chi connectivity index (χ4n) is 12.6. The van der Waals surface area contributed by atoms with Crippen LogP contribution in [0.4, 0.5) is 33.9 Å². The zero-order chi connectivity index (χ0) is 69.5. The largest absolute Gasteiger partial charge is 0.396 e. The Labute approximate surface area is 555 Å². The summed E-state index contributed by atoms with van der Waals surface area (Å²) >= 11 is 5.71. The molecular formula is C59H71ClFN23O14. The Kier molecular flexibility index (Phi) is 19.9. The third kappa shape index (κ3) is 13.5. The number of nitrogens with two attached hydrogens (primary N) is 4. The summed E-state index contributed by atoms with van der Waals surface area (Å²) in [5.74, 6) is 1.10. The van der Waals surface area contributed by atoms with E-state index in [9.17, 15) is 49.4 Å². The number of hydrogen-bond acceptors (Lipinski definition) is 30. The van der Waals surface area contributed by atoms with Crippen molar-refractivity contribution in [2.45, 2.75) is 118 Å². The van der Waals surface area contributed by atoms with Gasteiger partial charge in [-0.25, -0.2) is 29.3 Å². The van der Waals surface area contributed by atoms with Gasteiger partial charge in [0.2, 0.25) is 23.1 Å². The number of aromatic nitrogens is 18. The van der Waals surface area contributed by atoms with E-state index in [4.69, 9.17) is 59.3 Å². The number of nitrogens with zero attached hydrogens (tertiary/aromatic N) is 15. The van der Waals surface area contributed by atoms with Gasteiger partial charge < -0.3 is 102 Å². The van der Waals surface area contributed by atoms with Crippen LogP contribution >= 0.6 is 11.6 Å². The number of rotatable bonds is 12. The number of H-pyrrole nitrogens is 3. The lowest BCUT2D eigenvalue weighted by Crippen LogP contribution is -2.34. The lowest BCUT2D eigenvalue weighted by atomic mass is 10.0. The fraction of sp³-hybridized carbons (Fsp3) is 0.458. The van der Waals surface area contributed by atoms with Crippen molar-refractivity contribution in [1.82, 2.24) is 88.0 Å². The molecule has 7 aliphatic rings. The minimum Gasteiger partial charge on any atom is -0.396 e. The number of nitrogen functional groups attached to an aromatic ring is 4.